The molecule has 6 nitrogen and oxygen atoms in total. The van der Waals surface area contributed by atoms with Crippen molar-refractivity contribution in [3.05, 3.63) is 54.3 Å². The summed E-state index contributed by atoms with van der Waals surface area (Å²) in [5, 5.41) is 3.94. The molecule has 4 rings (SSSR count). The first-order chi connectivity index (χ1) is 11.2. The predicted molar refractivity (Wildman–Crippen MR) is 78.1 cm³/mol. The van der Waals surface area contributed by atoms with Gasteiger partial charge in [0.1, 0.15) is 5.82 Å². The fraction of sp³-hybridized carbons (Fsp3) is 0.188. The van der Waals surface area contributed by atoms with Crippen molar-refractivity contribution >= 4 is 11.6 Å². The Bertz CT molecular complexity index is 844. The highest BCUT2D eigenvalue weighted by Crippen LogP contribution is 2.31. The van der Waals surface area contributed by atoms with Crippen LogP contribution in [0.4, 0.5) is 10.1 Å². The van der Waals surface area contributed by atoms with E-state index in [0.29, 0.717) is 23.8 Å². The Balaban J connectivity index is 1.57. The van der Waals surface area contributed by atoms with Crippen molar-refractivity contribution in [2.24, 2.45) is 0 Å². The number of halogens is 1. The molecule has 2 aromatic heterocycles. The van der Waals surface area contributed by atoms with Crippen LogP contribution in [0.5, 0.6) is 0 Å². The topological polar surface area (TPSA) is 72.4 Å². The number of hydrogen-bond donors (Lipinski definition) is 0. The van der Waals surface area contributed by atoms with Crippen molar-refractivity contribution in [1.82, 2.24) is 10.1 Å². The van der Waals surface area contributed by atoms with Crippen molar-refractivity contribution in [1.29, 1.82) is 0 Å². The minimum absolute atomic E-state index is 0.0926. The first kappa shape index (κ1) is 13.7. The molecule has 1 unspecified atom stereocenters. The third kappa shape index (κ3) is 2.50. The number of hydrogen-bond acceptors (Lipinski definition) is 5. The van der Waals surface area contributed by atoms with Gasteiger partial charge in [0.25, 0.3) is 5.89 Å². The highest BCUT2D eigenvalue weighted by atomic mass is 19.1. The number of nitrogens with zero attached hydrogens (tertiary/aromatic N) is 3. The zero-order valence-corrected chi connectivity index (χ0v) is 12.0. The molecule has 3 aromatic rings. The van der Waals surface area contributed by atoms with E-state index in [2.05, 4.69) is 10.1 Å². The number of benzene rings is 1. The highest BCUT2D eigenvalue weighted by Gasteiger charge is 2.34. The molecular formula is C16H12FN3O3. The first-order valence-corrected chi connectivity index (χ1v) is 7.14. The van der Waals surface area contributed by atoms with E-state index in [1.807, 2.05) is 0 Å². The van der Waals surface area contributed by atoms with E-state index in [1.54, 1.807) is 24.3 Å². The molecule has 0 aliphatic carbocycles. The summed E-state index contributed by atoms with van der Waals surface area (Å²) in [6, 6.07) is 9.41. The molecular weight excluding hydrogens is 301 g/mol. The zero-order valence-electron chi connectivity index (χ0n) is 12.0. The number of rotatable bonds is 3. The lowest BCUT2D eigenvalue weighted by Gasteiger charge is -2.15. The van der Waals surface area contributed by atoms with E-state index >= 15 is 0 Å². The van der Waals surface area contributed by atoms with E-state index in [9.17, 15) is 9.18 Å². The number of aromatic nitrogens is 2. The summed E-state index contributed by atoms with van der Waals surface area (Å²) in [4.78, 5) is 18.0. The van der Waals surface area contributed by atoms with Gasteiger partial charge in [-0.05, 0) is 30.3 Å². The number of carbonyl (C=O) groups is 1. The molecule has 1 atom stereocenters. The van der Waals surface area contributed by atoms with Gasteiger partial charge in [-0.1, -0.05) is 11.2 Å². The van der Waals surface area contributed by atoms with Crippen LogP contribution >= 0.6 is 0 Å². The maximum Gasteiger partial charge on any atom is 0.293 e. The van der Waals surface area contributed by atoms with Crippen LogP contribution in [0.25, 0.3) is 11.7 Å². The molecule has 0 radical (unpaired) electrons. The van der Waals surface area contributed by atoms with E-state index in [4.69, 9.17) is 8.94 Å². The van der Waals surface area contributed by atoms with Crippen molar-refractivity contribution in [3.8, 4) is 11.7 Å². The molecule has 1 aliphatic heterocycles. The van der Waals surface area contributed by atoms with Crippen molar-refractivity contribution in [2.75, 3.05) is 11.4 Å². The molecule has 0 bridgehead atoms. The molecule has 7 heteroatoms. The number of carbonyl (C=O) groups excluding carboxylic acids is 1. The van der Waals surface area contributed by atoms with Gasteiger partial charge in [-0.15, -0.1) is 0 Å². The predicted octanol–water partition coefficient (Wildman–Crippen LogP) is 2.99. The van der Waals surface area contributed by atoms with Gasteiger partial charge in [0.15, 0.2) is 11.6 Å². The average Bonchev–Trinajstić information content (AvgIpc) is 3.27. The number of anilines is 1. The van der Waals surface area contributed by atoms with Crippen LogP contribution in [0.1, 0.15) is 18.2 Å². The van der Waals surface area contributed by atoms with Gasteiger partial charge in [-0.3, -0.25) is 4.79 Å². The normalized spacial score (nSPS) is 17.9. The third-order valence-electron chi connectivity index (χ3n) is 3.78. The summed E-state index contributed by atoms with van der Waals surface area (Å²) >= 11 is 0. The summed E-state index contributed by atoms with van der Waals surface area (Å²) in [6.07, 6.45) is 1.78. The number of furan rings is 1. The molecule has 0 saturated carbocycles. The Kier molecular flexibility index (Phi) is 3.18. The lowest BCUT2D eigenvalue weighted by Crippen LogP contribution is -2.24. The summed E-state index contributed by atoms with van der Waals surface area (Å²) in [6.45, 7) is 0.388. The van der Waals surface area contributed by atoms with Gasteiger partial charge in [0, 0.05) is 24.6 Å². The summed E-state index contributed by atoms with van der Waals surface area (Å²) in [7, 11) is 0. The van der Waals surface area contributed by atoms with Gasteiger partial charge in [0.2, 0.25) is 5.91 Å². The SMILES string of the molecule is O=C1CC(c2noc(-c3ccco3)n2)CN1c1cccc(F)c1. The minimum Gasteiger partial charge on any atom is -0.459 e. The summed E-state index contributed by atoms with van der Waals surface area (Å²) in [5.41, 5.74) is 0.534. The van der Waals surface area contributed by atoms with Gasteiger partial charge < -0.3 is 13.8 Å². The van der Waals surface area contributed by atoms with Gasteiger partial charge in [0.05, 0.1) is 6.26 Å². The zero-order chi connectivity index (χ0) is 15.8. The van der Waals surface area contributed by atoms with E-state index in [-0.39, 0.29) is 30.0 Å². The lowest BCUT2D eigenvalue weighted by atomic mass is 10.1. The van der Waals surface area contributed by atoms with Crippen LogP contribution in [-0.4, -0.2) is 22.6 Å². The standard InChI is InChI=1S/C16H12FN3O3/c17-11-3-1-4-12(8-11)20-9-10(7-14(20)21)15-18-16(23-19-15)13-5-2-6-22-13/h1-6,8,10H,7,9H2. The first-order valence-electron chi connectivity index (χ1n) is 7.14. The van der Waals surface area contributed by atoms with Gasteiger partial charge in [-0.2, -0.15) is 4.98 Å². The molecule has 1 amide bonds. The molecule has 1 aromatic carbocycles. The molecule has 0 spiro atoms. The molecule has 1 aliphatic rings. The average molecular weight is 313 g/mol. The summed E-state index contributed by atoms with van der Waals surface area (Å²) in [5.74, 6) is 0.543. The summed E-state index contributed by atoms with van der Waals surface area (Å²) < 4.78 is 23.7. The molecule has 116 valence electrons. The van der Waals surface area contributed by atoms with Crippen molar-refractivity contribution in [3.63, 3.8) is 0 Å². The van der Waals surface area contributed by atoms with Crippen LogP contribution in [0.2, 0.25) is 0 Å². The quantitative estimate of drug-likeness (QED) is 0.743. The van der Waals surface area contributed by atoms with Crippen LogP contribution < -0.4 is 4.90 Å². The Morgan fingerprint density at radius 3 is 2.96 bits per heavy atom. The monoisotopic (exact) mass is 313 g/mol. The van der Waals surface area contributed by atoms with Crippen LogP contribution in [0, 0.1) is 5.82 Å². The van der Waals surface area contributed by atoms with Gasteiger partial charge >= 0.3 is 0 Å². The number of amides is 1. The Labute approximate surface area is 130 Å². The second-order valence-electron chi connectivity index (χ2n) is 5.32. The van der Waals surface area contributed by atoms with Crippen molar-refractivity contribution < 1.29 is 18.1 Å². The Hall–Kier alpha value is -2.96. The second-order valence-corrected chi connectivity index (χ2v) is 5.32. The van der Waals surface area contributed by atoms with Crippen LogP contribution in [-0.2, 0) is 4.79 Å². The van der Waals surface area contributed by atoms with Crippen molar-refractivity contribution in [2.45, 2.75) is 12.3 Å². The smallest absolute Gasteiger partial charge is 0.293 e. The lowest BCUT2D eigenvalue weighted by molar-refractivity contribution is -0.117. The second kappa shape index (κ2) is 5.35. The fourth-order valence-corrected chi connectivity index (χ4v) is 2.68. The maximum absolute atomic E-state index is 13.3. The fourth-order valence-electron chi connectivity index (χ4n) is 2.68. The molecule has 0 N–H and O–H groups in total. The van der Waals surface area contributed by atoms with Crippen LogP contribution in [0.15, 0.2) is 51.6 Å². The maximum atomic E-state index is 13.3. The van der Waals surface area contributed by atoms with E-state index < -0.39 is 0 Å². The third-order valence-corrected chi connectivity index (χ3v) is 3.78. The minimum atomic E-state index is -0.376. The molecule has 23 heavy (non-hydrogen) atoms. The molecule has 3 heterocycles. The highest BCUT2D eigenvalue weighted by molar-refractivity contribution is 5.96. The molecule has 1 saturated heterocycles. The van der Waals surface area contributed by atoms with E-state index in [0.717, 1.165) is 0 Å². The largest absolute Gasteiger partial charge is 0.459 e. The van der Waals surface area contributed by atoms with Crippen LogP contribution in [0.3, 0.4) is 0 Å². The Morgan fingerprint density at radius 2 is 2.17 bits per heavy atom. The Morgan fingerprint density at radius 1 is 1.26 bits per heavy atom. The van der Waals surface area contributed by atoms with Gasteiger partial charge in [-0.25, -0.2) is 4.39 Å². The van der Waals surface area contributed by atoms with E-state index in [1.165, 1.54) is 23.3 Å². The molecule has 1 fully saturated rings.